The zero-order chi connectivity index (χ0) is 18.4. The summed E-state index contributed by atoms with van der Waals surface area (Å²) >= 11 is 0. The highest BCUT2D eigenvalue weighted by Gasteiger charge is 2.53. The van der Waals surface area contributed by atoms with E-state index in [0.717, 1.165) is 38.6 Å². The second kappa shape index (κ2) is 6.86. The molecule has 5 nitrogen and oxygen atoms in total. The molecular weight excluding hydrogens is 336 g/mol. The van der Waals surface area contributed by atoms with E-state index in [0.29, 0.717) is 24.0 Å². The molecule has 4 unspecified atom stereocenters. The molecule has 2 aromatic rings. The van der Waals surface area contributed by atoms with Crippen molar-refractivity contribution < 1.29 is 4.74 Å². The summed E-state index contributed by atoms with van der Waals surface area (Å²) in [6.45, 7) is 8.28. The molecule has 4 atom stereocenters. The van der Waals surface area contributed by atoms with E-state index in [4.69, 9.17) is 9.73 Å². The van der Waals surface area contributed by atoms with Crippen LogP contribution in [0.25, 0.3) is 10.9 Å². The zero-order valence-corrected chi connectivity index (χ0v) is 16.4. The predicted molar refractivity (Wildman–Crippen MR) is 109 cm³/mol. The molecule has 1 aromatic heterocycles. The Morgan fingerprint density at radius 3 is 2.78 bits per heavy atom. The average Bonchev–Trinajstić information content (AvgIpc) is 3.42. The van der Waals surface area contributed by atoms with E-state index in [1.165, 1.54) is 34.9 Å². The maximum Gasteiger partial charge on any atom is 0.193 e. The largest absolute Gasteiger partial charge is 0.374 e. The molecule has 5 rings (SSSR count). The summed E-state index contributed by atoms with van der Waals surface area (Å²) in [5.74, 6) is 2.51. The van der Waals surface area contributed by atoms with Crippen LogP contribution in [0.1, 0.15) is 30.9 Å². The fraction of sp³-hybridized carbons (Fsp3) is 0.591. The van der Waals surface area contributed by atoms with Crippen LogP contribution in [-0.2, 0) is 11.2 Å². The number of benzene rings is 1. The van der Waals surface area contributed by atoms with Gasteiger partial charge in [0.1, 0.15) is 0 Å². The number of likely N-dealkylation sites (tertiary alicyclic amines) is 1. The third kappa shape index (κ3) is 2.92. The van der Waals surface area contributed by atoms with E-state index in [9.17, 15) is 0 Å². The Kier molecular flexibility index (Phi) is 4.35. The van der Waals surface area contributed by atoms with Crippen molar-refractivity contribution in [3.05, 3.63) is 35.5 Å². The van der Waals surface area contributed by atoms with Gasteiger partial charge in [-0.2, -0.15) is 0 Å². The highest BCUT2D eigenvalue weighted by molar-refractivity contribution is 5.86. The molecule has 2 N–H and O–H groups in total. The molecule has 4 heterocycles. The Hall–Kier alpha value is -2.01. The highest BCUT2D eigenvalue weighted by atomic mass is 16.5. The molecule has 3 aliphatic heterocycles. The van der Waals surface area contributed by atoms with Crippen LogP contribution < -0.4 is 5.32 Å². The van der Waals surface area contributed by atoms with Gasteiger partial charge in [0, 0.05) is 55.1 Å². The van der Waals surface area contributed by atoms with E-state index >= 15 is 0 Å². The van der Waals surface area contributed by atoms with Gasteiger partial charge in [-0.15, -0.1) is 0 Å². The summed E-state index contributed by atoms with van der Waals surface area (Å²) < 4.78 is 6.12. The third-order valence-corrected chi connectivity index (χ3v) is 6.73. The van der Waals surface area contributed by atoms with Crippen LogP contribution in [0, 0.1) is 18.8 Å². The smallest absolute Gasteiger partial charge is 0.193 e. The maximum atomic E-state index is 6.12. The third-order valence-electron chi connectivity index (χ3n) is 6.73. The molecule has 3 aliphatic rings. The Balaban J connectivity index is 1.29. The first kappa shape index (κ1) is 17.1. The van der Waals surface area contributed by atoms with E-state index in [1.807, 2.05) is 0 Å². The van der Waals surface area contributed by atoms with Gasteiger partial charge in [0.2, 0.25) is 0 Å². The van der Waals surface area contributed by atoms with E-state index in [-0.39, 0.29) is 0 Å². The SMILES string of the molecule is CCNC(=NCCc1c[nH]c2cccc(C)c12)N1CC2C3CCC(O3)C2C1. The van der Waals surface area contributed by atoms with Crippen LogP contribution in [0.2, 0.25) is 0 Å². The van der Waals surface area contributed by atoms with Crippen LogP contribution in [0.5, 0.6) is 0 Å². The standard InChI is InChI=1S/C22H30N4O/c1-3-23-22(26-12-16-17(13-26)20-8-7-19(16)27-20)24-10-9-15-11-25-18-6-4-5-14(2)21(15)18/h4-6,11,16-17,19-20,25H,3,7-10,12-13H2,1-2H3,(H,23,24). The Bertz CT molecular complexity index is 839. The van der Waals surface area contributed by atoms with Crippen molar-refractivity contribution in [1.29, 1.82) is 0 Å². The number of aryl methyl sites for hydroxylation is 1. The number of fused-ring (bicyclic) bond motifs is 6. The summed E-state index contributed by atoms with van der Waals surface area (Å²) in [7, 11) is 0. The molecule has 0 amide bonds. The molecule has 2 bridgehead atoms. The minimum atomic E-state index is 0.502. The normalized spacial score (nSPS) is 29.7. The fourth-order valence-electron chi connectivity index (χ4n) is 5.49. The van der Waals surface area contributed by atoms with Crippen LogP contribution >= 0.6 is 0 Å². The van der Waals surface area contributed by atoms with Gasteiger partial charge in [-0.25, -0.2) is 0 Å². The number of nitrogens with zero attached hydrogens (tertiary/aromatic N) is 2. The van der Waals surface area contributed by atoms with Crippen LogP contribution in [0.15, 0.2) is 29.4 Å². The second-order valence-electron chi connectivity index (χ2n) is 8.32. The average molecular weight is 367 g/mol. The Labute approximate surface area is 161 Å². The molecule has 3 saturated heterocycles. The number of rotatable bonds is 4. The van der Waals surface area contributed by atoms with Crippen molar-refractivity contribution >= 4 is 16.9 Å². The lowest BCUT2D eigenvalue weighted by Gasteiger charge is -2.23. The first-order valence-electron chi connectivity index (χ1n) is 10.5. The van der Waals surface area contributed by atoms with Crippen molar-refractivity contribution in [3.8, 4) is 0 Å². The van der Waals surface area contributed by atoms with E-state index in [1.54, 1.807) is 0 Å². The lowest BCUT2D eigenvalue weighted by Crippen LogP contribution is -2.41. The summed E-state index contributed by atoms with van der Waals surface area (Å²) in [5.41, 5.74) is 3.93. The van der Waals surface area contributed by atoms with Crippen molar-refractivity contribution in [2.24, 2.45) is 16.8 Å². The fourth-order valence-corrected chi connectivity index (χ4v) is 5.49. The monoisotopic (exact) mass is 366 g/mol. The number of H-pyrrole nitrogens is 1. The van der Waals surface area contributed by atoms with E-state index in [2.05, 4.69) is 53.4 Å². The molecule has 3 fully saturated rings. The van der Waals surface area contributed by atoms with Crippen LogP contribution in [-0.4, -0.2) is 54.2 Å². The van der Waals surface area contributed by atoms with Gasteiger partial charge in [0.05, 0.1) is 12.2 Å². The zero-order valence-electron chi connectivity index (χ0n) is 16.4. The van der Waals surface area contributed by atoms with Crippen molar-refractivity contribution in [1.82, 2.24) is 15.2 Å². The predicted octanol–water partition coefficient (Wildman–Crippen LogP) is 3.09. The number of ether oxygens (including phenoxy) is 1. The second-order valence-corrected chi connectivity index (χ2v) is 8.32. The van der Waals surface area contributed by atoms with Crippen LogP contribution in [0.4, 0.5) is 0 Å². The number of aliphatic imine (C=N–C) groups is 1. The first-order chi connectivity index (χ1) is 13.2. The number of guanidine groups is 1. The molecule has 27 heavy (non-hydrogen) atoms. The van der Waals surface area contributed by atoms with Gasteiger partial charge in [0.25, 0.3) is 0 Å². The van der Waals surface area contributed by atoms with Crippen molar-refractivity contribution in [2.75, 3.05) is 26.2 Å². The number of nitrogens with one attached hydrogen (secondary N) is 2. The van der Waals surface area contributed by atoms with Gasteiger partial charge < -0.3 is 19.9 Å². The van der Waals surface area contributed by atoms with Gasteiger partial charge in [-0.3, -0.25) is 4.99 Å². The number of aromatic nitrogens is 1. The number of hydrogen-bond donors (Lipinski definition) is 2. The van der Waals surface area contributed by atoms with Crippen molar-refractivity contribution in [3.63, 3.8) is 0 Å². The molecule has 5 heteroatoms. The van der Waals surface area contributed by atoms with Crippen LogP contribution in [0.3, 0.4) is 0 Å². The Morgan fingerprint density at radius 2 is 2.04 bits per heavy atom. The number of hydrogen-bond acceptors (Lipinski definition) is 2. The molecule has 1 aromatic carbocycles. The minimum absolute atomic E-state index is 0.502. The lowest BCUT2D eigenvalue weighted by molar-refractivity contribution is 0.0767. The number of aromatic amines is 1. The quantitative estimate of drug-likeness (QED) is 0.646. The Morgan fingerprint density at radius 1 is 1.26 bits per heavy atom. The minimum Gasteiger partial charge on any atom is -0.374 e. The first-order valence-corrected chi connectivity index (χ1v) is 10.5. The molecule has 0 aliphatic carbocycles. The summed E-state index contributed by atoms with van der Waals surface area (Å²) in [5, 5.41) is 4.88. The van der Waals surface area contributed by atoms with Gasteiger partial charge in [-0.1, -0.05) is 12.1 Å². The van der Waals surface area contributed by atoms with E-state index < -0.39 is 0 Å². The lowest BCUT2D eigenvalue weighted by atomic mass is 9.82. The van der Waals surface area contributed by atoms with Crippen molar-refractivity contribution in [2.45, 2.75) is 45.3 Å². The summed E-state index contributed by atoms with van der Waals surface area (Å²) in [4.78, 5) is 10.9. The molecule has 0 spiro atoms. The molecular formula is C22H30N4O. The molecule has 144 valence electrons. The van der Waals surface area contributed by atoms with Gasteiger partial charge >= 0.3 is 0 Å². The topological polar surface area (TPSA) is 52.7 Å². The molecule has 0 saturated carbocycles. The van der Waals surface area contributed by atoms with Gasteiger partial charge in [-0.05, 0) is 50.3 Å². The summed E-state index contributed by atoms with van der Waals surface area (Å²) in [6, 6.07) is 6.45. The molecule has 0 radical (unpaired) electrons. The maximum absolute atomic E-state index is 6.12. The summed E-state index contributed by atoms with van der Waals surface area (Å²) in [6.07, 6.45) is 6.63. The van der Waals surface area contributed by atoms with Gasteiger partial charge in [0.15, 0.2) is 5.96 Å². The highest BCUT2D eigenvalue weighted by Crippen LogP contribution is 2.47.